The van der Waals surface area contributed by atoms with Crippen LogP contribution in [0.3, 0.4) is 0 Å². The number of imidazole rings is 1. The van der Waals surface area contributed by atoms with Crippen LogP contribution in [0.4, 0.5) is 0 Å². The van der Waals surface area contributed by atoms with Crippen LogP contribution < -0.4 is 15.2 Å². The molecule has 0 saturated heterocycles. The van der Waals surface area contributed by atoms with Gasteiger partial charge in [-0.1, -0.05) is 6.07 Å². The van der Waals surface area contributed by atoms with E-state index in [0.717, 1.165) is 22.8 Å². The fraction of sp³-hybridized carbons (Fsp3) is 0.308. The summed E-state index contributed by atoms with van der Waals surface area (Å²) in [6, 6.07) is 5.81. The SMILES string of the molecule is Cn1cnc(-c2cccc3c2OC(CN)CO3)c1. The van der Waals surface area contributed by atoms with E-state index in [2.05, 4.69) is 4.98 Å². The predicted octanol–water partition coefficient (Wildman–Crippen LogP) is 1.19. The second-order valence-electron chi connectivity index (χ2n) is 4.34. The number of para-hydroxylation sites is 1. The lowest BCUT2D eigenvalue weighted by atomic mass is 10.1. The number of ether oxygens (including phenoxy) is 2. The van der Waals surface area contributed by atoms with Crippen molar-refractivity contribution in [3.05, 3.63) is 30.7 Å². The van der Waals surface area contributed by atoms with Crippen molar-refractivity contribution in [2.24, 2.45) is 12.8 Å². The Kier molecular flexibility index (Phi) is 2.68. The first-order valence-corrected chi connectivity index (χ1v) is 5.89. The highest BCUT2D eigenvalue weighted by Gasteiger charge is 2.23. The number of hydrogen-bond donors (Lipinski definition) is 1. The van der Waals surface area contributed by atoms with E-state index in [1.54, 1.807) is 6.33 Å². The number of benzene rings is 1. The van der Waals surface area contributed by atoms with Crippen LogP contribution in [0.5, 0.6) is 11.5 Å². The number of fused-ring (bicyclic) bond motifs is 1. The molecule has 0 fully saturated rings. The van der Waals surface area contributed by atoms with Gasteiger partial charge >= 0.3 is 0 Å². The predicted molar refractivity (Wildman–Crippen MR) is 67.6 cm³/mol. The van der Waals surface area contributed by atoms with Gasteiger partial charge in [-0.25, -0.2) is 4.98 Å². The molecular weight excluding hydrogens is 230 g/mol. The van der Waals surface area contributed by atoms with Crippen LogP contribution in [-0.2, 0) is 7.05 Å². The summed E-state index contributed by atoms with van der Waals surface area (Å²) in [7, 11) is 1.94. The molecule has 18 heavy (non-hydrogen) atoms. The van der Waals surface area contributed by atoms with Crippen molar-refractivity contribution >= 4 is 0 Å². The molecule has 0 spiro atoms. The van der Waals surface area contributed by atoms with Gasteiger partial charge < -0.3 is 19.8 Å². The molecule has 5 heteroatoms. The quantitative estimate of drug-likeness (QED) is 0.863. The normalized spacial score (nSPS) is 17.8. The lowest BCUT2D eigenvalue weighted by Gasteiger charge is -2.26. The zero-order chi connectivity index (χ0) is 12.5. The summed E-state index contributed by atoms with van der Waals surface area (Å²) in [6.45, 7) is 0.936. The van der Waals surface area contributed by atoms with E-state index in [1.807, 2.05) is 36.0 Å². The Hall–Kier alpha value is -2.01. The van der Waals surface area contributed by atoms with Gasteiger partial charge in [-0.2, -0.15) is 0 Å². The molecule has 1 aromatic heterocycles. The van der Waals surface area contributed by atoms with Crippen molar-refractivity contribution < 1.29 is 9.47 Å². The van der Waals surface area contributed by atoms with E-state index in [1.165, 1.54) is 0 Å². The highest BCUT2D eigenvalue weighted by molar-refractivity contribution is 5.71. The van der Waals surface area contributed by atoms with Crippen LogP contribution in [-0.4, -0.2) is 28.8 Å². The fourth-order valence-electron chi connectivity index (χ4n) is 2.00. The largest absolute Gasteiger partial charge is 0.486 e. The molecule has 5 nitrogen and oxygen atoms in total. The Morgan fingerprint density at radius 2 is 2.39 bits per heavy atom. The minimum absolute atomic E-state index is 0.0950. The van der Waals surface area contributed by atoms with E-state index in [0.29, 0.717) is 13.2 Å². The van der Waals surface area contributed by atoms with Gasteiger partial charge in [0, 0.05) is 25.4 Å². The zero-order valence-corrected chi connectivity index (χ0v) is 10.2. The van der Waals surface area contributed by atoms with E-state index >= 15 is 0 Å². The van der Waals surface area contributed by atoms with Crippen molar-refractivity contribution in [2.45, 2.75) is 6.10 Å². The summed E-state index contributed by atoms with van der Waals surface area (Å²) in [5, 5.41) is 0. The second kappa shape index (κ2) is 4.34. The van der Waals surface area contributed by atoms with E-state index in [-0.39, 0.29) is 6.10 Å². The Morgan fingerprint density at radius 3 is 3.11 bits per heavy atom. The van der Waals surface area contributed by atoms with Gasteiger partial charge in [0.05, 0.1) is 12.0 Å². The standard InChI is InChI=1S/C13H15N3O2/c1-16-6-11(15-8-16)10-3-2-4-12-13(10)18-9(5-14)7-17-12/h2-4,6,8-9H,5,7,14H2,1H3. The van der Waals surface area contributed by atoms with Gasteiger partial charge in [-0.05, 0) is 12.1 Å². The average molecular weight is 245 g/mol. The van der Waals surface area contributed by atoms with Crippen molar-refractivity contribution in [2.75, 3.05) is 13.2 Å². The molecule has 3 rings (SSSR count). The summed E-state index contributed by atoms with van der Waals surface area (Å²) in [6.07, 6.45) is 3.62. The minimum Gasteiger partial charge on any atom is -0.486 e. The van der Waals surface area contributed by atoms with Crippen LogP contribution in [0, 0.1) is 0 Å². The fourth-order valence-corrected chi connectivity index (χ4v) is 2.00. The molecule has 1 aromatic carbocycles. The lowest BCUT2D eigenvalue weighted by Crippen LogP contribution is -2.35. The molecule has 1 atom stereocenters. The molecule has 0 amide bonds. The smallest absolute Gasteiger partial charge is 0.171 e. The molecule has 2 aromatic rings. The average Bonchev–Trinajstić information content (AvgIpc) is 2.84. The maximum atomic E-state index is 5.88. The number of nitrogens with two attached hydrogens (primary N) is 1. The molecule has 0 bridgehead atoms. The second-order valence-corrected chi connectivity index (χ2v) is 4.34. The van der Waals surface area contributed by atoms with Crippen molar-refractivity contribution in [3.8, 4) is 22.8 Å². The van der Waals surface area contributed by atoms with Gasteiger partial charge in [0.15, 0.2) is 11.5 Å². The number of rotatable bonds is 2. The zero-order valence-electron chi connectivity index (χ0n) is 10.2. The topological polar surface area (TPSA) is 62.3 Å². The van der Waals surface area contributed by atoms with Crippen LogP contribution in [0.2, 0.25) is 0 Å². The number of hydrogen-bond acceptors (Lipinski definition) is 4. The van der Waals surface area contributed by atoms with Crippen molar-refractivity contribution in [1.82, 2.24) is 9.55 Å². The summed E-state index contributed by atoms with van der Waals surface area (Å²) in [4.78, 5) is 4.34. The van der Waals surface area contributed by atoms with Crippen LogP contribution in [0.15, 0.2) is 30.7 Å². The number of aromatic nitrogens is 2. The van der Waals surface area contributed by atoms with E-state index in [4.69, 9.17) is 15.2 Å². The Bertz CT molecular complexity index is 565. The maximum Gasteiger partial charge on any atom is 0.171 e. The monoisotopic (exact) mass is 245 g/mol. The molecule has 1 aliphatic heterocycles. The molecule has 0 aliphatic carbocycles. The van der Waals surface area contributed by atoms with Gasteiger partial charge in [0.1, 0.15) is 12.7 Å². The van der Waals surface area contributed by atoms with Gasteiger partial charge in [0.25, 0.3) is 0 Å². The minimum atomic E-state index is -0.0950. The maximum absolute atomic E-state index is 5.88. The van der Waals surface area contributed by atoms with E-state index < -0.39 is 0 Å². The van der Waals surface area contributed by atoms with E-state index in [9.17, 15) is 0 Å². The lowest BCUT2D eigenvalue weighted by molar-refractivity contribution is 0.0976. The first-order valence-electron chi connectivity index (χ1n) is 5.89. The first-order chi connectivity index (χ1) is 8.78. The third-order valence-corrected chi connectivity index (χ3v) is 2.93. The van der Waals surface area contributed by atoms with Gasteiger partial charge in [-0.3, -0.25) is 0 Å². The van der Waals surface area contributed by atoms with Crippen LogP contribution in [0.25, 0.3) is 11.3 Å². The van der Waals surface area contributed by atoms with Gasteiger partial charge in [0.2, 0.25) is 0 Å². The van der Waals surface area contributed by atoms with Gasteiger partial charge in [-0.15, -0.1) is 0 Å². The number of nitrogens with zero attached hydrogens (tertiary/aromatic N) is 2. The van der Waals surface area contributed by atoms with Crippen LogP contribution in [0.1, 0.15) is 0 Å². The third-order valence-electron chi connectivity index (χ3n) is 2.93. The molecule has 94 valence electrons. The Balaban J connectivity index is 2.06. The van der Waals surface area contributed by atoms with Crippen molar-refractivity contribution in [1.29, 1.82) is 0 Å². The molecule has 0 radical (unpaired) electrons. The Morgan fingerprint density at radius 1 is 1.50 bits per heavy atom. The molecule has 2 N–H and O–H groups in total. The summed E-state index contributed by atoms with van der Waals surface area (Å²) in [5.74, 6) is 1.49. The third kappa shape index (κ3) is 1.82. The highest BCUT2D eigenvalue weighted by Crippen LogP contribution is 2.40. The Labute approximate surface area is 105 Å². The number of aryl methyl sites for hydroxylation is 1. The summed E-state index contributed by atoms with van der Waals surface area (Å²) < 4.78 is 13.4. The summed E-state index contributed by atoms with van der Waals surface area (Å²) >= 11 is 0. The molecule has 1 aliphatic rings. The van der Waals surface area contributed by atoms with Crippen LogP contribution >= 0.6 is 0 Å². The molecule has 0 saturated carbocycles. The summed E-state index contributed by atoms with van der Waals surface area (Å²) in [5.41, 5.74) is 7.44. The molecular formula is C13H15N3O2. The highest BCUT2D eigenvalue weighted by atomic mass is 16.6. The molecule has 2 heterocycles. The first kappa shape index (κ1) is 11.1. The molecule has 1 unspecified atom stereocenters. The van der Waals surface area contributed by atoms with Crippen molar-refractivity contribution in [3.63, 3.8) is 0 Å².